The average Bonchev–Trinajstić information content (AvgIpc) is 2.57. The first-order valence-corrected chi connectivity index (χ1v) is 8.62. The highest BCUT2D eigenvalue weighted by molar-refractivity contribution is 5.29. The quantitative estimate of drug-likeness (QED) is 0.486. The summed E-state index contributed by atoms with van der Waals surface area (Å²) in [5.41, 5.74) is 1.31. The molecule has 5 heteroatoms. The molecule has 0 aromatic heterocycles. The Bertz CT molecular complexity index is 405. The first kappa shape index (κ1) is 20.9. The van der Waals surface area contributed by atoms with Gasteiger partial charge in [-0.2, -0.15) is 0 Å². The molecule has 0 bridgehead atoms. The SMILES string of the molecule is COCCOCCOCCOCC(C)Oc1ccc(C(C)C)cc1. The molecule has 0 N–H and O–H groups in total. The highest BCUT2D eigenvalue weighted by atomic mass is 16.6. The van der Waals surface area contributed by atoms with Gasteiger partial charge in [0.25, 0.3) is 0 Å². The molecule has 24 heavy (non-hydrogen) atoms. The Kier molecular flexibility index (Phi) is 11.5. The molecular formula is C19H32O5. The third-order valence-corrected chi connectivity index (χ3v) is 3.41. The largest absolute Gasteiger partial charge is 0.488 e. The van der Waals surface area contributed by atoms with E-state index in [-0.39, 0.29) is 6.10 Å². The number of benzene rings is 1. The fourth-order valence-electron chi connectivity index (χ4n) is 2.03. The molecule has 0 heterocycles. The fourth-order valence-corrected chi connectivity index (χ4v) is 2.03. The van der Waals surface area contributed by atoms with E-state index in [1.807, 2.05) is 19.1 Å². The van der Waals surface area contributed by atoms with Crippen LogP contribution in [0.5, 0.6) is 5.75 Å². The van der Waals surface area contributed by atoms with Gasteiger partial charge in [-0.05, 0) is 30.5 Å². The van der Waals surface area contributed by atoms with Crippen LogP contribution in [0.4, 0.5) is 0 Å². The van der Waals surface area contributed by atoms with E-state index >= 15 is 0 Å². The van der Waals surface area contributed by atoms with Crippen molar-refractivity contribution in [1.82, 2.24) is 0 Å². The minimum atomic E-state index is 0.00674. The third-order valence-electron chi connectivity index (χ3n) is 3.41. The number of methoxy groups -OCH3 is 1. The fraction of sp³-hybridized carbons (Fsp3) is 0.684. The smallest absolute Gasteiger partial charge is 0.119 e. The summed E-state index contributed by atoms with van der Waals surface area (Å²) < 4.78 is 27.0. The van der Waals surface area contributed by atoms with Gasteiger partial charge in [0.05, 0.1) is 46.2 Å². The predicted octanol–water partition coefficient (Wildman–Crippen LogP) is 3.27. The zero-order valence-corrected chi connectivity index (χ0v) is 15.5. The van der Waals surface area contributed by atoms with Crippen molar-refractivity contribution >= 4 is 0 Å². The van der Waals surface area contributed by atoms with Gasteiger partial charge in [0.2, 0.25) is 0 Å². The van der Waals surface area contributed by atoms with Crippen LogP contribution in [0, 0.1) is 0 Å². The van der Waals surface area contributed by atoms with E-state index in [0.29, 0.717) is 52.2 Å². The maximum absolute atomic E-state index is 5.83. The van der Waals surface area contributed by atoms with Crippen molar-refractivity contribution in [3.8, 4) is 5.75 Å². The van der Waals surface area contributed by atoms with Gasteiger partial charge in [-0.15, -0.1) is 0 Å². The van der Waals surface area contributed by atoms with Crippen molar-refractivity contribution in [2.75, 3.05) is 53.4 Å². The normalized spacial score (nSPS) is 12.5. The Hall–Kier alpha value is -1.14. The molecule has 0 aliphatic heterocycles. The summed E-state index contributed by atoms with van der Waals surface area (Å²) in [7, 11) is 1.66. The summed E-state index contributed by atoms with van der Waals surface area (Å²) in [6.45, 7) is 10.4. The summed E-state index contributed by atoms with van der Waals surface area (Å²) in [5.74, 6) is 1.41. The summed E-state index contributed by atoms with van der Waals surface area (Å²) in [6.07, 6.45) is 0.00674. The van der Waals surface area contributed by atoms with Gasteiger partial charge >= 0.3 is 0 Å². The van der Waals surface area contributed by atoms with Crippen LogP contribution in [-0.2, 0) is 18.9 Å². The summed E-state index contributed by atoms with van der Waals surface area (Å²) >= 11 is 0. The van der Waals surface area contributed by atoms with E-state index in [1.54, 1.807) is 7.11 Å². The number of ether oxygens (including phenoxy) is 5. The number of rotatable bonds is 14. The molecule has 0 radical (unpaired) electrons. The van der Waals surface area contributed by atoms with Crippen molar-refractivity contribution in [3.05, 3.63) is 29.8 Å². The Morgan fingerprint density at radius 3 is 1.83 bits per heavy atom. The van der Waals surface area contributed by atoms with Gasteiger partial charge in [-0.3, -0.25) is 0 Å². The lowest BCUT2D eigenvalue weighted by atomic mass is 10.0. The molecule has 1 aromatic carbocycles. The van der Waals surface area contributed by atoms with E-state index in [1.165, 1.54) is 5.56 Å². The van der Waals surface area contributed by atoms with Crippen molar-refractivity contribution in [3.63, 3.8) is 0 Å². The lowest BCUT2D eigenvalue weighted by Gasteiger charge is -2.16. The summed E-state index contributed by atoms with van der Waals surface area (Å²) in [4.78, 5) is 0. The Morgan fingerprint density at radius 2 is 1.29 bits per heavy atom. The summed E-state index contributed by atoms with van der Waals surface area (Å²) in [5, 5.41) is 0. The van der Waals surface area contributed by atoms with Crippen molar-refractivity contribution < 1.29 is 23.7 Å². The van der Waals surface area contributed by atoms with Crippen LogP contribution in [0.3, 0.4) is 0 Å². The second kappa shape index (κ2) is 13.2. The molecule has 0 saturated carbocycles. The van der Waals surface area contributed by atoms with Gasteiger partial charge < -0.3 is 23.7 Å². The Labute approximate surface area is 146 Å². The van der Waals surface area contributed by atoms with Crippen LogP contribution < -0.4 is 4.74 Å². The van der Waals surface area contributed by atoms with Gasteiger partial charge in [0, 0.05) is 7.11 Å². The van der Waals surface area contributed by atoms with Crippen molar-refractivity contribution in [1.29, 1.82) is 0 Å². The zero-order chi connectivity index (χ0) is 17.6. The molecule has 1 atom stereocenters. The van der Waals surface area contributed by atoms with E-state index in [4.69, 9.17) is 23.7 Å². The highest BCUT2D eigenvalue weighted by Gasteiger charge is 2.05. The lowest BCUT2D eigenvalue weighted by Crippen LogP contribution is -2.21. The Balaban J connectivity index is 2.01. The van der Waals surface area contributed by atoms with Crippen LogP contribution in [0.1, 0.15) is 32.3 Å². The number of hydrogen-bond donors (Lipinski definition) is 0. The van der Waals surface area contributed by atoms with Crippen LogP contribution in [0.2, 0.25) is 0 Å². The van der Waals surface area contributed by atoms with Crippen LogP contribution in [-0.4, -0.2) is 59.5 Å². The first-order chi connectivity index (χ1) is 11.6. The number of hydrogen-bond acceptors (Lipinski definition) is 5. The molecule has 0 saturated heterocycles. The van der Waals surface area contributed by atoms with Gasteiger partial charge in [-0.1, -0.05) is 26.0 Å². The van der Waals surface area contributed by atoms with Gasteiger partial charge in [0.1, 0.15) is 11.9 Å². The Morgan fingerprint density at radius 1 is 0.750 bits per heavy atom. The van der Waals surface area contributed by atoms with Gasteiger partial charge in [-0.25, -0.2) is 0 Å². The molecule has 0 spiro atoms. The standard InChI is InChI=1S/C19H32O5/c1-16(2)18-5-7-19(8-6-18)24-17(3)15-23-14-13-22-12-11-21-10-9-20-4/h5-8,16-17H,9-15H2,1-4H3. The van der Waals surface area contributed by atoms with E-state index < -0.39 is 0 Å². The molecule has 0 amide bonds. The monoisotopic (exact) mass is 340 g/mol. The summed E-state index contributed by atoms with van der Waals surface area (Å²) in [6, 6.07) is 8.24. The van der Waals surface area contributed by atoms with E-state index in [0.717, 1.165) is 5.75 Å². The molecule has 1 aromatic rings. The maximum atomic E-state index is 5.83. The molecule has 0 aliphatic rings. The molecule has 0 aliphatic carbocycles. The topological polar surface area (TPSA) is 46.2 Å². The lowest BCUT2D eigenvalue weighted by molar-refractivity contribution is -0.00794. The van der Waals surface area contributed by atoms with E-state index in [2.05, 4.69) is 26.0 Å². The molecule has 0 fully saturated rings. The van der Waals surface area contributed by atoms with Crippen LogP contribution >= 0.6 is 0 Å². The first-order valence-electron chi connectivity index (χ1n) is 8.62. The predicted molar refractivity (Wildman–Crippen MR) is 95.0 cm³/mol. The minimum absolute atomic E-state index is 0.00674. The molecule has 1 unspecified atom stereocenters. The minimum Gasteiger partial charge on any atom is -0.488 e. The molecule has 1 rings (SSSR count). The van der Waals surface area contributed by atoms with Gasteiger partial charge in [0.15, 0.2) is 0 Å². The van der Waals surface area contributed by atoms with Crippen LogP contribution in [0.15, 0.2) is 24.3 Å². The maximum Gasteiger partial charge on any atom is 0.119 e. The van der Waals surface area contributed by atoms with E-state index in [9.17, 15) is 0 Å². The zero-order valence-electron chi connectivity index (χ0n) is 15.5. The molecule has 5 nitrogen and oxygen atoms in total. The molecular weight excluding hydrogens is 308 g/mol. The van der Waals surface area contributed by atoms with Crippen LogP contribution in [0.25, 0.3) is 0 Å². The second-order valence-electron chi connectivity index (χ2n) is 5.94. The second-order valence-corrected chi connectivity index (χ2v) is 5.94. The van der Waals surface area contributed by atoms with Crippen molar-refractivity contribution in [2.24, 2.45) is 0 Å². The average molecular weight is 340 g/mol. The third kappa shape index (κ3) is 9.88. The molecule has 138 valence electrons. The van der Waals surface area contributed by atoms with Crippen molar-refractivity contribution in [2.45, 2.75) is 32.8 Å². The highest BCUT2D eigenvalue weighted by Crippen LogP contribution is 2.19.